The lowest BCUT2D eigenvalue weighted by Gasteiger charge is -2.03. The van der Waals surface area contributed by atoms with Crippen molar-refractivity contribution in [3.63, 3.8) is 0 Å². The maximum Gasteiger partial charge on any atom is 0.270 e. The van der Waals surface area contributed by atoms with E-state index in [2.05, 4.69) is 10.3 Å². The Morgan fingerprint density at radius 2 is 2.09 bits per heavy atom. The highest BCUT2D eigenvalue weighted by atomic mass is 35.5. The van der Waals surface area contributed by atoms with Gasteiger partial charge in [0.1, 0.15) is 10.7 Å². The molecule has 1 amide bonds. The van der Waals surface area contributed by atoms with Crippen molar-refractivity contribution < 1.29 is 13.2 Å². The number of nitrogens with one attached hydrogen (secondary N) is 1. The van der Waals surface area contributed by atoms with Crippen molar-refractivity contribution in [2.45, 2.75) is 6.92 Å². The zero-order chi connectivity index (χ0) is 16.2. The zero-order valence-corrected chi connectivity index (χ0v) is 14.3. The molecule has 0 radical (unpaired) electrons. The molecule has 22 heavy (non-hydrogen) atoms. The van der Waals surface area contributed by atoms with Crippen LogP contribution in [0.4, 0.5) is 0 Å². The summed E-state index contributed by atoms with van der Waals surface area (Å²) in [6, 6.07) is 7.25. The van der Waals surface area contributed by atoms with E-state index in [1.807, 2.05) is 18.2 Å². The summed E-state index contributed by atoms with van der Waals surface area (Å²) in [6.45, 7) is 1.65. The molecule has 1 N–H and O–H groups in total. The summed E-state index contributed by atoms with van der Waals surface area (Å²) in [5.41, 5.74) is 1.02. The molecule has 0 aliphatic heterocycles. The Balaban J connectivity index is 2.03. The molecule has 0 atom stereocenters. The Hall–Kier alpha value is -1.44. The topological polar surface area (TPSA) is 76.1 Å². The summed E-state index contributed by atoms with van der Waals surface area (Å²) >= 11 is 7.41. The van der Waals surface area contributed by atoms with Crippen LogP contribution in [0.5, 0.6) is 0 Å². The van der Waals surface area contributed by atoms with Gasteiger partial charge < -0.3 is 5.32 Å². The van der Waals surface area contributed by atoms with Crippen LogP contribution in [-0.2, 0) is 9.84 Å². The van der Waals surface area contributed by atoms with Crippen molar-refractivity contribution in [1.29, 1.82) is 0 Å². The van der Waals surface area contributed by atoms with E-state index in [4.69, 9.17) is 11.6 Å². The molecule has 0 aliphatic rings. The van der Waals surface area contributed by atoms with Crippen LogP contribution in [-0.4, -0.2) is 37.4 Å². The number of halogens is 1. The minimum atomic E-state index is -3.09. The number of aromatic nitrogens is 1. The van der Waals surface area contributed by atoms with E-state index in [1.54, 1.807) is 18.4 Å². The van der Waals surface area contributed by atoms with Gasteiger partial charge in [-0.1, -0.05) is 36.7 Å². The molecule has 0 aliphatic carbocycles. The van der Waals surface area contributed by atoms with Crippen LogP contribution in [0.2, 0.25) is 5.02 Å². The SMILES string of the molecule is CCS(=O)(=O)CCNC(=O)c1csc(-c2ccccc2Cl)n1. The van der Waals surface area contributed by atoms with Gasteiger partial charge >= 0.3 is 0 Å². The third-order valence-corrected chi connectivity index (χ3v) is 5.89. The van der Waals surface area contributed by atoms with Crippen molar-refractivity contribution in [3.8, 4) is 10.6 Å². The van der Waals surface area contributed by atoms with E-state index in [0.29, 0.717) is 10.0 Å². The van der Waals surface area contributed by atoms with Gasteiger partial charge in [0, 0.05) is 23.2 Å². The van der Waals surface area contributed by atoms with E-state index < -0.39 is 9.84 Å². The fourth-order valence-electron chi connectivity index (χ4n) is 1.69. The van der Waals surface area contributed by atoms with Crippen molar-refractivity contribution >= 4 is 38.7 Å². The highest BCUT2D eigenvalue weighted by Crippen LogP contribution is 2.29. The molecule has 5 nitrogen and oxygen atoms in total. The van der Waals surface area contributed by atoms with Gasteiger partial charge in [-0.2, -0.15) is 0 Å². The summed E-state index contributed by atoms with van der Waals surface area (Å²) in [6.07, 6.45) is 0. The van der Waals surface area contributed by atoms with Crippen LogP contribution in [0.15, 0.2) is 29.6 Å². The maximum atomic E-state index is 12.0. The van der Waals surface area contributed by atoms with Crippen LogP contribution >= 0.6 is 22.9 Å². The van der Waals surface area contributed by atoms with Gasteiger partial charge in [-0.25, -0.2) is 13.4 Å². The smallest absolute Gasteiger partial charge is 0.270 e. The van der Waals surface area contributed by atoms with Crippen LogP contribution < -0.4 is 5.32 Å². The lowest BCUT2D eigenvalue weighted by atomic mass is 10.2. The molecule has 1 aromatic carbocycles. The fraction of sp³-hybridized carbons (Fsp3) is 0.286. The van der Waals surface area contributed by atoms with Gasteiger partial charge in [-0.15, -0.1) is 11.3 Å². The van der Waals surface area contributed by atoms with Gasteiger partial charge in [0.15, 0.2) is 9.84 Å². The molecule has 1 heterocycles. The van der Waals surface area contributed by atoms with E-state index in [-0.39, 0.29) is 29.7 Å². The van der Waals surface area contributed by atoms with E-state index in [0.717, 1.165) is 5.56 Å². The molecule has 0 saturated heterocycles. The molecule has 2 aromatic rings. The fourth-order valence-corrected chi connectivity index (χ4v) is 3.51. The molecule has 0 spiro atoms. The van der Waals surface area contributed by atoms with Crippen molar-refractivity contribution in [3.05, 3.63) is 40.4 Å². The second kappa shape index (κ2) is 7.21. The van der Waals surface area contributed by atoms with Gasteiger partial charge in [0.2, 0.25) is 0 Å². The zero-order valence-electron chi connectivity index (χ0n) is 11.9. The first-order valence-electron chi connectivity index (χ1n) is 6.62. The first-order chi connectivity index (χ1) is 10.4. The van der Waals surface area contributed by atoms with E-state index >= 15 is 0 Å². The number of rotatable bonds is 6. The van der Waals surface area contributed by atoms with Crippen molar-refractivity contribution in [2.24, 2.45) is 0 Å². The first kappa shape index (κ1) is 16.9. The Bertz CT molecular complexity index is 772. The average molecular weight is 359 g/mol. The lowest BCUT2D eigenvalue weighted by Crippen LogP contribution is -2.29. The second-order valence-electron chi connectivity index (χ2n) is 4.51. The van der Waals surface area contributed by atoms with Gasteiger partial charge in [0.05, 0.1) is 10.8 Å². The number of carbonyl (C=O) groups excluding carboxylic acids is 1. The van der Waals surface area contributed by atoms with Gasteiger partial charge in [-0.3, -0.25) is 4.79 Å². The normalized spacial score (nSPS) is 11.4. The van der Waals surface area contributed by atoms with Crippen LogP contribution in [0.3, 0.4) is 0 Å². The highest BCUT2D eigenvalue weighted by Gasteiger charge is 2.14. The lowest BCUT2D eigenvalue weighted by molar-refractivity contribution is 0.0952. The predicted molar refractivity (Wildman–Crippen MR) is 89.2 cm³/mol. The van der Waals surface area contributed by atoms with Crippen LogP contribution in [0, 0.1) is 0 Å². The Kier molecular flexibility index (Phi) is 5.55. The largest absolute Gasteiger partial charge is 0.350 e. The quantitative estimate of drug-likeness (QED) is 0.861. The molecule has 8 heteroatoms. The average Bonchev–Trinajstić information content (AvgIpc) is 2.97. The number of sulfone groups is 1. The molecule has 0 fully saturated rings. The van der Waals surface area contributed by atoms with E-state index in [1.165, 1.54) is 11.3 Å². The van der Waals surface area contributed by atoms with Crippen molar-refractivity contribution in [1.82, 2.24) is 10.3 Å². The first-order valence-corrected chi connectivity index (χ1v) is 9.70. The van der Waals surface area contributed by atoms with Crippen LogP contribution in [0.1, 0.15) is 17.4 Å². The second-order valence-corrected chi connectivity index (χ2v) is 8.25. The van der Waals surface area contributed by atoms with Crippen molar-refractivity contribution in [2.75, 3.05) is 18.1 Å². The Labute approximate surface area is 138 Å². The Morgan fingerprint density at radius 3 is 2.77 bits per heavy atom. The summed E-state index contributed by atoms with van der Waals surface area (Å²) in [7, 11) is -3.09. The summed E-state index contributed by atoms with van der Waals surface area (Å²) < 4.78 is 22.7. The summed E-state index contributed by atoms with van der Waals surface area (Å²) in [4.78, 5) is 16.2. The molecule has 0 unspecified atom stereocenters. The minimum Gasteiger partial charge on any atom is -0.350 e. The predicted octanol–water partition coefficient (Wildman–Crippen LogP) is 2.63. The third kappa shape index (κ3) is 4.28. The van der Waals surface area contributed by atoms with Gasteiger partial charge in [0.25, 0.3) is 5.91 Å². The summed E-state index contributed by atoms with van der Waals surface area (Å²) in [5.74, 6) is -0.395. The number of benzene rings is 1. The van der Waals surface area contributed by atoms with E-state index in [9.17, 15) is 13.2 Å². The highest BCUT2D eigenvalue weighted by molar-refractivity contribution is 7.91. The minimum absolute atomic E-state index is 0.0657. The van der Waals surface area contributed by atoms with Gasteiger partial charge in [-0.05, 0) is 6.07 Å². The molecule has 118 valence electrons. The number of amides is 1. The molecular formula is C14H15ClN2O3S2. The monoisotopic (exact) mass is 358 g/mol. The standard InChI is InChI=1S/C14H15ClN2O3S2/c1-2-22(19,20)8-7-16-13(18)12-9-21-14(17-12)10-5-3-4-6-11(10)15/h3-6,9H,2,7-8H2,1H3,(H,16,18). The number of thiazole rings is 1. The number of hydrogen-bond donors (Lipinski definition) is 1. The molecule has 0 bridgehead atoms. The number of hydrogen-bond acceptors (Lipinski definition) is 5. The Morgan fingerprint density at radius 1 is 1.36 bits per heavy atom. The molecule has 2 rings (SSSR count). The number of nitrogens with zero attached hydrogens (tertiary/aromatic N) is 1. The molecule has 0 saturated carbocycles. The third-order valence-electron chi connectivity index (χ3n) is 2.98. The molecule has 1 aromatic heterocycles. The molecular weight excluding hydrogens is 344 g/mol. The number of carbonyl (C=O) groups is 1. The summed E-state index contributed by atoms with van der Waals surface area (Å²) in [5, 5.41) is 5.41. The van der Waals surface area contributed by atoms with Crippen LogP contribution in [0.25, 0.3) is 10.6 Å². The maximum absolute atomic E-state index is 12.0.